The molecule has 3 aromatic rings. The summed E-state index contributed by atoms with van der Waals surface area (Å²) in [5.74, 6) is 2.74. The van der Waals surface area contributed by atoms with Gasteiger partial charge in [-0.05, 0) is 61.4 Å². The van der Waals surface area contributed by atoms with E-state index in [1.165, 1.54) is 44.5 Å². The summed E-state index contributed by atoms with van der Waals surface area (Å²) >= 11 is 1.80. The molecule has 5 rings (SSSR count). The molecule has 3 heterocycles. The van der Waals surface area contributed by atoms with E-state index in [1.807, 2.05) is 25.4 Å². The number of rotatable bonds is 7. The number of thioether (sulfide) groups is 1. The number of hydrogen-bond donors (Lipinski definition) is 0. The zero-order chi connectivity index (χ0) is 19.7. The van der Waals surface area contributed by atoms with E-state index in [0.29, 0.717) is 5.41 Å². The van der Waals surface area contributed by atoms with Crippen LogP contribution in [0.5, 0.6) is 0 Å². The molecule has 1 saturated carbocycles. The maximum Gasteiger partial charge on any atom is 0.191 e. The monoisotopic (exact) mass is 405 g/mol. The second-order valence-electron chi connectivity index (χ2n) is 8.36. The van der Waals surface area contributed by atoms with Gasteiger partial charge in [-0.2, -0.15) is 0 Å². The average Bonchev–Trinajstić information content (AvgIpc) is 3.11. The van der Waals surface area contributed by atoms with Gasteiger partial charge in [0, 0.05) is 37.3 Å². The highest BCUT2D eigenvalue weighted by atomic mass is 32.2. The molecule has 1 aromatic carbocycles. The molecule has 29 heavy (non-hydrogen) atoms. The highest BCUT2D eigenvalue weighted by Crippen LogP contribution is 2.63. The van der Waals surface area contributed by atoms with Crippen molar-refractivity contribution in [3.63, 3.8) is 0 Å². The van der Waals surface area contributed by atoms with E-state index in [0.717, 1.165) is 28.2 Å². The molecule has 2 atom stereocenters. The first-order valence-corrected chi connectivity index (χ1v) is 11.4. The number of hydrogen-bond acceptors (Lipinski definition) is 5. The van der Waals surface area contributed by atoms with Crippen molar-refractivity contribution in [2.24, 2.45) is 12.5 Å². The Labute approximate surface area is 176 Å². The third-order valence-electron chi connectivity index (χ3n) is 6.46. The van der Waals surface area contributed by atoms with Crippen molar-refractivity contribution in [3.8, 4) is 11.4 Å². The van der Waals surface area contributed by atoms with Crippen LogP contribution in [-0.2, 0) is 7.05 Å². The largest absolute Gasteiger partial charge is 0.305 e. The molecule has 150 valence electrons. The molecule has 0 radical (unpaired) electrons. The first-order chi connectivity index (χ1) is 14.3. The lowest BCUT2D eigenvalue weighted by Gasteiger charge is -2.16. The molecule has 1 saturated heterocycles. The van der Waals surface area contributed by atoms with E-state index in [2.05, 4.69) is 55.0 Å². The lowest BCUT2D eigenvalue weighted by Crippen LogP contribution is -2.23. The van der Waals surface area contributed by atoms with E-state index in [1.54, 1.807) is 18.0 Å². The van der Waals surface area contributed by atoms with Crippen LogP contribution in [0.4, 0.5) is 0 Å². The van der Waals surface area contributed by atoms with Crippen LogP contribution in [-0.4, -0.2) is 50.0 Å². The summed E-state index contributed by atoms with van der Waals surface area (Å²) in [4.78, 5) is 6.85. The van der Waals surface area contributed by atoms with Crippen molar-refractivity contribution < 1.29 is 0 Å². The van der Waals surface area contributed by atoms with Crippen LogP contribution < -0.4 is 0 Å². The summed E-state index contributed by atoms with van der Waals surface area (Å²) in [5.41, 5.74) is 3.11. The molecule has 0 N–H and O–H groups in total. The Bertz CT molecular complexity index is 958. The third kappa shape index (κ3) is 3.83. The van der Waals surface area contributed by atoms with Gasteiger partial charge in [-0.15, -0.1) is 10.2 Å². The van der Waals surface area contributed by atoms with Crippen LogP contribution in [0, 0.1) is 5.41 Å². The molecule has 2 aliphatic rings. The van der Waals surface area contributed by atoms with Gasteiger partial charge in [-0.25, -0.2) is 0 Å². The zero-order valence-corrected chi connectivity index (χ0v) is 17.7. The normalized spacial score (nSPS) is 23.7. The minimum Gasteiger partial charge on any atom is -0.305 e. The van der Waals surface area contributed by atoms with Crippen LogP contribution in [0.3, 0.4) is 0 Å². The second-order valence-corrected chi connectivity index (χ2v) is 9.43. The van der Waals surface area contributed by atoms with Crippen molar-refractivity contribution in [1.82, 2.24) is 24.6 Å². The highest BCUT2D eigenvalue weighted by Gasteiger charge is 2.57. The summed E-state index contributed by atoms with van der Waals surface area (Å²) in [6.45, 7) is 3.71. The Kier molecular flexibility index (Phi) is 5.14. The van der Waals surface area contributed by atoms with Gasteiger partial charge in [0.1, 0.15) is 0 Å². The fraction of sp³-hybridized carbons (Fsp3) is 0.435. The minimum atomic E-state index is 0.566. The van der Waals surface area contributed by atoms with Crippen LogP contribution in [0.1, 0.15) is 30.7 Å². The van der Waals surface area contributed by atoms with E-state index >= 15 is 0 Å². The Hall–Kier alpha value is -2.18. The van der Waals surface area contributed by atoms with Crippen molar-refractivity contribution in [3.05, 3.63) is 60.4 Å². The summed E-state index contributed by atoms with van der Waals surface area (Å²) in [5, 5.41) is 9.70. The van der Waals surface area contributed by atoms with Crippen LogP contribution >= 0.6 is 11.8 Å². The van der Waals surface area contributed by atoms with E-state index in [-0.39, 0.29) is 0 Å². The van der Waals surface area contributed by atoms with Gasteiger partial charge in [0.2, 0.25) is 0 Å². The van der Waals surface area contributed by atoms with Crippen LogP contribution in [0.25, 0.3) is 11.4 Å². The molecule has 0 unspecified atom stereocenters. The van der Waals surface area contributed by atoms with E-state index in [9.17, 15) is 0 Å². The number of likely N-dealkylation sites (tertiary alicyclic amines) is 1. The molecule has 1 aliphatic carbocycles. The predicted molar refractivity (Wildman–Crippen MR) is 117 cm³/mol. The molecule has 0 amide bonds. The quantitative estimate of drug-likeness (QED) is 0.435. The molecule has 6 heteroatoms. The van der Waals surface area contributed by atoms with Gasteiger partial charge in [0.25, 0.3) is 0 Å². The van der Waals surface area contributed by atoms with E-state index < -0.39 is 0 Å². The van der Waals surface area contributed by atoms with Crippen LogP contribution in [0.2, 0.25) is 0 Å². The smallest absolute Gasteiger partial charge is 0.191 e. The fourth-order valence-electron chi connectivity index (χ4n) is 4.77. The SMILES string of the molecule is Cn1c(SCCCN2CC[C@]3(C[C@@H]3c3ccccc3)C2)nnc1-c1cccnc1. The second kappa shape index (κ2) is 7.92. The molecular formula is C23H27N5S. The molecular weight excluding hydrogens is 378 g/mol. The minimum absolute atomic E-state index is 0.566. The third-order valence-corrected chi connectivity index (χ3v) is 7.57. The molecule has 2 fully saturated rings. The predicted octanol–water partition coefficient (Wildman–Crippen LogP) is 4.24. The van der Waals surface area contributed by atoms with Gasteiger partial charge in [0.05, 0.1) is 0 Å². The topological polar surface area (TPSA) is 46.8 Å². The molecule has 0 bridgehead atoms. The summed E-state index contributed by atoms with van der Waals surface area (Å²) in [6, 6.07) is 15.0. The van der Waals surface area contributed by atoms with Gasteiger partial charge in [0.15, 0.2) is 11.0 Å². The number of pyridine rings is 1. The number of aromatic nitrogens is 4. The Balaban J connectivity index is 1.09. The highest BCUT2D eigenvalue weighted by molar-refractivity contribution is 7.99. The van der Waals surface area contributed by atoms with Crippen molar-refractivity contribution >= 4 is 11.8 Å². The van der Waals surface area contributed by atoms with Crippen LogP contribution in [0.15, 0.2) is 60.0 Å². The maximum absolute atomic E-state index is 4.37. The number of nitrogens with zero attached hydrogens (tertiary/aromatic N) is 5. The number of benzene rings is 1. The average molecular weight is 406 g/mol. The zero-order valence-electron chi connectivity index (χ0n) is 16.9. The molecule has 5 nitrogen and oxygen atoms in total. The molecule has 1 aliphatic heterocycles. The van der Waals surface area contributed by atoms with Gasteiger partial charge < -0.3 is 9.47 Å². The summed E-state index contributed by atoms with van der Waals surface area (Å²) < 4.78 is 2.07. The maximum atomic E-state index is 4.37. The van der Waals surface area contributed by atoms with Gasteiger partial charge in [-0.1, -0.05) is 42.1 Å². The van der Waals surface area contributed by atoms with Gasteiger partial charge in [-0.3, -0.25) is 4.98 Å². The van der Waals surface area contributed by atoms with Crippen molar-refractivity contribution in [1.29, 1.82) is 0 Å². The lowest BCUT2D eigenvalue weighted by molar-refractivity contribution is 0.319. The Morgan fingerprint density at radius 1 is 1.14 bits per heavy atom. The first-order valence-electron chi connectivity index (χ1n) is 10.5. The first kappa shape index (κ1) is 18.8. The van der Waals surface area contributed by atoms with Crippen molar-refractivity contribution in [2.75, 3.05) is 25.4 Å². The van der Waals surface area contributed by atoms with E-state index in [4.69, 9.17) is 0 Å². The molecule has 2 aromatic heterocycles. The van der Waals surface area contributed by atoms with Crippen molar-refractivity contribution in [2.45, 2.75) is 30.3 Å². The standard InChI is InChI=1S/C23H27N5S/c1-27-21(19-9-5-11-24-16-19)25-26-22(27)29-14-6-12-28-13-10-23(17-28)15-20(23)18-7-3-2-4-8-18/h2-5,7-9,11,16,20H,6,10,12-15,17H2,1H3/t20-,23+/m1/s1. The Morgan fingerprint density at radius 3 is 2.86 bits per heavy atom. The fourth-order valence-corrected chi connectivity index (χ4v) is 5.60. The summed E-state index contributed by atoms with van der Waals surface area (Å²) in [7, 11) is 2.03. The lowest BCUT2D eigenvalue weighted by atomic mass is 9.98. The van der Waals surface area contributed by atoms with Gasteiger partial charge >= 0.3 is 0 Å². The Morgan fingerprint density at radius 2 is 2.03 bits per heavy atom. The molecule has 1 spiro atoms. The summed E-state index contributed by atoms with van der Waals surface area (Å²) in [6.07, 6.45) is 7.53.